The molecule has 8 nitrogen and oxygen atoms in total. The van der Waals surface area contributed by atoms with E-state index in [0.29, 0.717) is 49.1 Å². The van der Waals surface area contributed by atoms with Crippen LogP contribution in [0.3, 0.4) is 0 Å². The Labute approximate surface area is 209 Å². The molecule has 0 saturated heterocycles. The van der Waals surface area contributed by atoms with Crippen molar-refractivity contribution in [2.75, 3.05) is 31.8 Å². The van der Waals surface area contributed by atoms with Gasteiger partial charge in [-0.2, -0.15) is 4.98 Å². The van der Waals surface area contributed by atoms with Gasteiger partial charge in [0.2, 0.25) is 26.6 Å². The number of anilines is 1. The molecule has 0 saturated carbocycles. The zero-order chi connectivity index (χ0) is 24.7. The molecule has 6 rings (SSSR count). The van der Waals surface area contributed by atoms with Crippen LogP contribution in [-0.2, 0) is 22.8 Å². The Balaban J connectivity index is 1.47. The van der Waals surface area contributed by atoms with E-state index in [9.17, 15) is 8.42 Å². The summed E-state index contributed by atoms with van der Waals surface area (Å²) in [6.45, 7) is 1.91. The average molecular weight is 505 g/mol. The van der Waals surface area contributed by atoms with E-state index in [2.05, 4.69) is 17.1 Å². The summed E-state index contributed by atoms with van der Waals surface area (Å²) in [5, 5.41) is -0.128. The molecule has 0 N–H and O–H groups in total. The van der Waals surface area contributed by atoms with E-state index in [1.807, 2.05) is 35.2 Å². The number of rotatable bonds is 5. The van der Waals surface area contributed by atoms with Crippen LogP contribution in [0.2, 0.25) is 0 Å². The van der Waals surface area contributed by atoms with Gasteiger partial charge in [0.05, 0.1) is 12.0 Å². The van der Waals surface area contributed by atoms with E-state index in [4.69, 9.17) is 18.6 Å². The van der Waals surface area contributed by atoms with Gasteiger partial charge < -0.3 is 23.5 Å². The van der Waals surface area contributed by atoms with E-state index in [-0.39, 0.29) is 21.7 Å². The monoisotopic (exact) mass is 504 g/mol. The van der Waals surface area contributed by atoms with Gasteiger partial charge in [-0.25, -0.2) is 8.42 Å². The molecule has 0 fully saturated rings. The van der Waals surface area contributed by atoms with Crippen molar-refractivity contribution in [2.45, 2.75) is 22.9 Å². The second kappa shape index (κ2) is 8.91. The molecule has 0 radical (unpaired) electrons. The zero-order valence-electron chi connectivity index (χ0n) is 19.6. The van der Waals surface area contributed by atoms with Gasteiger partial charge in [0.1, 0.15) is 19.0 Å². The predicted octanol–water partition coefficient (Wildman–Crippen LogP) is 4.52. The van der Waals surface area contributed by atoms with E-state index in [1.54, 1.807) is 19.2 Å². The van der Waals surface area contributed by atoms with Crippen molar-refractivity contribution < 1.29 is 27.0 Å². The van der Waals surface area contributed by atoms with Crippen molar-refractivity contribution in [1.82, 2.24) is 4.98 Å². The molecular weight excluding hydrogens is 480 g/mol. The average Bonchev–Trinajstić information content (AvgIpc) is 3.39. The molecule has 3 aromatic carbocycles. The van der Waals surface area contributed by atoms with Crippen molar-refractivity contribution in [2.24, 2.45) is 0 Å². The first kappa shape index (κ1) is 22.5. The first-order valence-corrected chi connectivity index (χ1v) is 13.1. The molecule has 3 heterocycles. The maximum atomic E-state index is 13.9. The van der Waals surface area contributed by atoms with Gasteiger partial charge in [-0.3, -0.25) is 0 Å². The Morgan fingerprint density at radius 3 is 2.56 bits per heavy atom. The molecule has 0 unspecified atom stereocenters. The third kappa shape index (κ3) is 3.95. The van der Waals surface area contributed by atoms with Crippen molar-refractivity contribution in [3.63, 3.8) is 0 Å². The van der Waals surface area contributed by atoms with E-state index < -0.39 is 9.84 Å². The highest BCUT2D eigenvalue weighted by atomic mass is 32.2. The second-order valence-corrected chi connectivity index (χ2v) is 10.5. The summed E-state index contributed by atoms with van der Waals surface area (Å²) in [6, 6.07) is 20.0. The lowest BCUT2D eigenvalue weighted by atomic mass is 10.0. The normalized spacial score (nSPS) is 14.9. The number of methoxy groups -OCH3 is 1. The Morgan fingerprint density at radius 2 is 1.72 bits per heavy atom. The molecular formula is C27H24N2O6S. The topological polar surface area (TPSA) is 91.1 Å². The van der Waals surface area contributed by atoms with Crippen LogP contribution >= 0.6 is 0 Å². The van der Waals surface area contributed by atoms with Crippen molar-refractivity contribution in [1.29, 1.82) is 0 Å². The molecule has 36 heavy (non-hydrogen) atoms. The standard InChI is InChI=1S/C27H24N2O6S/c1-32-21-8-4-7-19(15-21)25-28-26(27(35-25)29-12-11-18-5-2-3-6-20(18)17-29)36(30,31)22-9-10-23-24(16-22)34-14-13-33-23/h2-10,15-16H,11-14,17H2,1H3. The third-order valence-electron chi connectivity index (χ3n) is 6.39. The summed E-state index contributed by atoms with van der Waals surface area (Å²) in [4.78, 5) is 6.52. The number of hydrogen-bond donors (Lipinski definition) is 0. The minimum atomic E-state index is -4.05. The summed E-state index contributed by atoms with van der Waals surface area (Å²) < 4.78 is 50.6. The lowest BCUT2D eigenvalue weighted by Gasteiger charge is -2.28. The van der Waals surface area contributed by atoms with Gasteiger partial charge in [0.25, 0.3) is 0 Å². The van der Waals surface area contributed by atoms with Crippen molar-refractivity contribution in [3.8, 4) is 28.7 Å². The Hall–Kier alpha value is -3.98. The van der Waals surface area contributed by atoms with Crippen LogP contribution < -0.4 is 19.1 Å². The summed E-state index contributed by atoms with van der Waals surface area (Å²) >= 11 is 0. The summed E-state index contributed by atoms with van der Waals surface area (Å²) in [6.07, 6.45) is 0.773. The maximum Gasteiger partial charge on any atom is 0.236 e. The van der Waals surface area contributed by atoms with Crippen molar-refractivity contribution >= 4 is 15.7 Å². The Kier molecular flexibility index (Phi) is 5.56. The van der Waals surface area contributed by atoms with E-state index >= 15 is 0 Å². The first-order valence-electron chi connectivity index (χ1n) is 11.6. The molecule has 0 bridgehead atoms. The van der Waals surface area contributed by atoms with Crippen LogP contribution in [0, 0.1) is 0 Å². The number of benzene rings is 3. The Bertz CT molecular complexity index is 1550. The van der Waals surface area contributed by atoms with Crippen LogP contribution in [-0.4, -0.2) is 40.3 Å². The fraction of sp³-hybridized carbons (Fsp3) is 0.222. The van der Waals surface area contributed by atoms with E-state index in [0.717, 1.165) is 12.0 Å². The molecule has 4 aromatic rings. The first-order chi connectivity index (χ1) is 17.5. The molecule has 9 heteroatoms. The smallest absolute Gasteiger partial charge is 0.236 e. The second-order valence-electron chi connectivity index (χ2n) is 8.61. The van der Waals surface area contributed by atoms with Gasteiger partial charge in [0, 0.05) is 24.7 Å². The van der Waals surface area contributed by atoms with E-state index in [1.165, 1.54) is 17.7 Å². The minimum absolute atomic E-state index is 0.0656. The molecule has 0 aliphatic carbocycles. The highest BCUT2D eigenvalue weighted by Crippen LogP contribution is 2.39. The van der Waals surface area contributed by atoms with Crippen LogP contribution in [0.15, 0.2) is 81.1 Å². The van der Waals surface area contributed by atoms with Gasteiger partial charge in [-0.1, -0.05) is 30.3 Å². The van der Waals surface area contributed by atoms with Crippen LogP contribution in [0.4, 0.5) is 5.88 Å². The lowest BCUT2D eigenvalue weighted by Crippen LogP contribution is -2.31. The minimum Gasteiger partial charge on any atom is -0.497 e. The van der Waals surface area contributed by atoms with Crippen LogP contribution in [0.5, 0.6) is 17.2 Å². The molecule has 184 valence electrons. The van der Waals surface area contributed by atoms with Gasteiger partial charge in [-0.15, -0.1) is 0 Å². The fourth-order valence-corrected chi connectivity index (χ4v) is 5.86. The quantitative estimate of drug-likeness (QED) is 0.392. The lowest BCUT2D eigenvalue weighted by molar-refractivity contribution is 0.171. The van der Waals surface area contributed by atoms with Gasteiger partial charge >= 0.3 is 0 Å². The zero-order valence-corrected chi connectivity index (χ0v) is 20.5. The van der Waals surface area contributed by atoms with Gasteiger partial charge in [-0.05, 0) is 47.9 Å². The summed E-state index contributed by atoms with van der Waals surface area (Å²) in [7, 11) is -2.47. The number of hydrogen-bond acceptors (Lipinski definition) is 8. The predicted molar refractivity (Wildman–Crippen MR) is 133 cm³/mol. The molecule has 0 atom stereocenters. The third-order valence-corrected chi connectivity index (χ3v) is 8.04. The Morgan fingerprint density at radius 1 is 0.917 bits per heavy atom. The van der Waals surface area contributed by atoms with Crippen LogP contribution in [0.1, 0.15) is 11.1 Å². The van der Waals surface area contributed by atoms with Crippen molar-refractivity contribution in [3.05, 3.63) is 77.9 Å². The highest BCUT2D eigenvalue weighted by molar-refractivity contribution is 7.91. The fourth-order valence-electron chi connectivity index (χ4n) is 4.52. The van der Waals surface area contributed by atoms with Crippen LogP contribution in [0.25, 0.3) is 11.5 Å². The number of sulfone groups is 1. The molecule has 2 aliphatic rings. The molecule has 0 amide bonds. The number of oxazole rings is 1. The van der Waals surface area contributed by atoms with Gasteiger partial charge in [0.15, 0.2) is 11.5 Å². The summed E-state index contributed by atoms with van der Waals surface area (Å²) in [5.74, 6) is 1.96. The molecule has 1 aromatic heterocycles. The number of ether oxygens (including phenoxy) is 3. The number of nitrogens with zero attached hydrogens (tertiary/aromatic N) is 2. The maximum absolute atomic E-state index is 13.9. The molecule has 2 aliphatic heterocycles. The largest absolute Gasteiger partial charge is 0.497 e. The number of aromatic nitrogens is 1. The summed E-state index contributed by atoms with van der Waals surface area (Å²) in [5.41, 5.74) is 3.00. The molecule has 0 spiro atoms. The highest BCUT2D eigenvalue weighted by Gasteiger charge is 2.33. The number of fused-ring (bicyclic) bond motifs is 2. The SMILES string of the molecule is COc1cccc(-c2nc(S(=O)(=O)c3ccc4c(c3)OCCO4)c(N3CCc4ccccc4C3)o2)c1.